The van der Waals surface area contributed by atoms with E-state index in [4.69, 9.17) is 15.9 Å². The van der Waals surface area contributed by atoms with E-state index in [0.717, 1.165) is 18.2 Å². The van der Waals surface area contributed by atoms with Crippen LogP contribution >= 0.6 is 11.8 Å². The third-order valence-corrected chi connectivity index (χ3v) is 5.38. The molecule has 0 aliphatic carbocycles. The highest BCUT2D eigenvalue weighted by atomic mass is 32.2. The SMILES string of the molecule is CC1(Sc2cccc(C(F)(F)F)c2)CCOC(/C(N)=C/C(=N)C(F)F)C1. The van der Waals surface area contributed by atoms with E-state index in [-0.39, 0.29) is 5.70 Å². The molecule has 1 heterocycles. The molecule has 0 bridgehead atoms. The van der Waals surface area contributed by atoms with Gasteiger partial charge in [0.25, 0.3) is 6.43 Å². The Morgan fingerprint density at radius 2 is 2.12 bits per heavy atom. The normalized spacial score (nSPS) is 24.7. The number of allylic oxidation sites excluding steroid dienone is 1. The molecule has 1 saturated heterocycles. The number of thioether (sulfide) groups is 1. The minimum absolute atomic E-state index is 0.0193. The van der Waals surface area contributed by atoms with Gasteiger partial charge in [0.1, 0.15) is 0 Å². The summed E-state index contributed by atoms with van der Waals surface area (Å²) in [4.78, 5) is 0.464. The lowest BCUT2D eigenvalue weighted by Gasteiger charge is -2.38. The van der Waals surface area contributed by atoms with Gasteiger partial charge in [0.15, 0.2) is 0 Å². The molecule has 3 N–H and O–H groups in total. The van der Waals surface area contributed by atoms with Crippen LogP contribution in [0.15, 0.2) is 40.9 Å². The van der Waals surface area contributed by atoms with E-state index in [1.54, 1.807) is 6.07 Å². The number of nitrogens with two attached hydrogens (primary N) is 1. The van der Waals surface area contributed by atoms with Crippen LogP contribution in [0.1, 0.15) is 25.3 Å². The van der Waals surface area contributed by atoms with Crippen molar-refractivity contribution < 1.29 is 26.7 Å². The number of nitrogens with one attached hydrogen (secondary N) is 1. The van der Waals surface area contributed by atoms with Gasteiger partial charge in [-0.15, -0.1) is 11.8 Å². The first-order chi connectivity index (χ1) is 12.0. The first-order valence-corrected chi connectivity index (χ1v) is 8.63. The first-order valence-electron chi connectivity index (χ1n) is 7.82. The molecule has 2 rings (SSSR count). The van der Waals surface area contributed by atoms with Crippen molar-refractivity contribution in [2.45, 2.75) is 48.1 Å². The summed E-state index contributed by atoms with van der Waals surface area (Å²) in [5, 5.41) is 7.18. The highest BCUT2D eigenvalue weighted by Crippen LogP contribution is 2.43. The molecule has 1 aliphatic rings. The molecular formula is C17H19F5N2OS. The fourth-order valence-corrected chi connectivity index (χ4v) is 3.95. The second-order valence-corrected chi connectivity index (χ2v) is 7.95. The topological polar surface area (TPSA) is 59.1 Å². The van der Waals surface area contributed by atoms with Crippen LogP contribution in [0.2, 0.25) is 0 Å². The summed E-state index contributed by atoms with van der Waals surface area (Å²) < 4.78 is 68.6. The third kappa shape index (κ3) is 5.44. The average molecular weight is 394 g/mol. The molecule has 9 heteroatoms. The number of alkyl halides is 5. The van der Waals surface area contributed by atoms with Gasteiger partial charge in [0.05, 0.1) is 17.4 Å². The molecule has 0 spiro atoms. The van der Waals surface area contributed by atoms with Gasteiger partial charge in [-0.3, -0.25) is 5.41 Å². The van der Waals surface area contributed by atoms with Crippen molar-refractivity contribution >= 4 is 17.5 Å². The molecule has 2 unspecified atom stereocenters. The Kier molecular flexibility index (Phi) is 6.33. The summed E-state index contributed by atoms with van der Waals surface area (Å²) in [6.45, 7) is 2.17. The highest BCUT2D eigenvalue weighted by molar-refractivity contribution is 8.00. The second-order valence-electron chi connectivity index (χ2n) is 6.29. The molecule has 1 aliphatic heterocycles. The lowest BCUT2D eigenvalue weighted by Crippen LogP contribution is -2.39. The van der Waals surface area contributed by atoms with E-state index in [9.17, 15) is 22.0 Å². The summed E-state index contributed by atoms with van der Waals surface area (Å²) in [5.74, 6) is 0. The Bertz CT molecular complexity index is 692. The van der Waals surface area contributed by atoms with Gasteiger partial charge in [-0.2, -0.15) is 13.2 Å². The van der Waals surface area contributed by atoms with Crippen molar-refractivity contribution in [2.24, 2.45) is 5.73 Å². The maximum Gasteiger partial charge on any atom is 0.416 e. The number of rotatable bonds is 5. The molecule has 144 valence electrons. The third-order valence-electron chi connectivity index (χ3n) is 4.02. The summed E-state index contributed by atoms with van der Waals surface area (Å²) in [6, 6.07) is 5.05. The Morgan fingerprint density at radius 1 is 1.42 bits per heavy atom. The molecule has 1 aromatic rings. The molecule has 1 fully saturated rings. The first kappa shape index (κ1) is 20.7. The van der Waals surface area contributed by atoms with E-state index in [1.807, 2.05) is 6.92 Å². The van der Waals surface area contributed by atoms with Crippen LogP contribution in [0, 0.1) is 5.41 Å². The van der Waals surface area contributed by atoms with Crippen molar-refractivity contribution in [3.63, 3.8) is 0 Å². The van der Waals surface area contributed by atoms with Crippen LogP contribution in [0.3, 0.4) is 0 Å². The quantitative estimate of drug-likeness (QED) is 0.554. The average Bonchev–Trinajstić information content (AvgIpc) is 2.53. The van der Waals surface area contributed by atoms with Gasteiger partial charge in [-0.25, -0.2) is 8.78 Å². The summed E-state index contributed by atoms with van der Waals surface area (Å²) >= 11 is 1.28. The minimum atomic E-state index is -4.42. The fraction of sp³-hybridized carbons (Fsp3) is 0.471. The lowest BCUT2D eigenvalue weighted by atomic mass is 9.94. The van der Waals surface area contributed by atoms with Crippen molar-refractivity contribution in [3.8, 4) is 0 Å². The van der Waals surface area contributed by atoms with Crippen molar-refractivity contribution in [1.82, 2.24) is 0 Å². The van der Waals surface area contributed by atoms with Crippen LogP contribution < -0.4 is 5.73 Å². The Morgan fingerprint density at radius 3 is 2.73 bits per heavy atom. The van der Waals surface area contributed by atoms with Gasteiger partial charge >= 0.3 is 6.18 Å². The van der Waals surface area contributed by atoms with Crippen LogP contribution in [0.5, 0.6) is 0 Å². The van der Waals surface area contributed by atoms with Crippen LogP contribution in [0.4, 0.5) is 22.0 Å². The molecule has 0 radical (unpaired) electrons. The smallest absolute Gasteiger partial charge is 0.400 e. The maximum absolute atomic E-state index is 12.9. The van der Waals surface area contributed by atoms with Crippen LogP contribution in [-0.2, 0) is 10.9 Å². The number of halogens is 5. The van der Waals surface area contributed by atoms with E-state index in [1.165, 1.54) is 17.8 Å². The molecule has 0 aromatic heterocycles. The summed E-state index contributed by atoms with van der Waals surface area (Å²) in [7, 11) is 0. The predicted molar refractivity (Wildman–Crippen MR) is 90.7 cm³/mol. The Labute approximate surface area is 152 Å². The van der Waals surface area contributed by atoms with E-state index in [0.29, 0.717) is 24.3 Å². The highest BCUT2D eigenvalue weighted by Gasteiger charge is 2.36. The van der Waals surface area contributed by atoms with Gasteiger partial charge < -0.3 is 10.5 Å². The lowest BCUT2D eigenvalue weighted by molar-refractivity contribution is -0.137. The van der Waals surface area contributed by atoms with Gasteiger partial charge in [0.2, 0.25) is 0 Å². The van der Waals surface area contributed by atoms with Crippen LogP contribution in [0.25, 0.3) is 0 Å². The van der Waals surface area contributed by atoms with Crippen LogP contribution in [-0.4, -0.2) is 29.6 Å². The number of hydrogen-bond acceptors (Lipinski definition) is 4. The zero-order valence-corrected chi connectivity index (χ0v) is 14.8. The summed E-state index contributed by atoms with van der Waals surface area (Å²) in [6.07, 6.45) is -6.21. The Hall–Kier alpha value is -1.61. The van der Waals surface area contributed by atoms with Crippen molar-refractivity contribution in [2.75, 3.05) is 6.61 Å². The zero-order chi connectivity index (χ0) is 19.5. The molecule has 0 amide bonds. The van der Waals surface area contributed by atoms with E-state index < -0.39 is 34.7 Å². The predicted octanol–water partition coefficient (Wildman–Crippen LogP) is 4.86. The van der Waals surface area contributed by atoms with Crippen molar-refractivity contribution in [1.29, 1.82) is 5.41 Å². The zero-order valence-electron chi connectivity index (χ0n) is 13.9. The molecule has 2 atom stereocenters. The molecule has 1 aromatic carbocycles. The maximum atomic E-state index is 12.9. The fourth-order valence-electron chi connectivity index (χ4n) is 2.63. The molecule has 26 heavy (non-hydrogen) atoms. The molecular weight excluding hydrogens is 375 g/mol. The minimum Gasteiger partial charge on any atom is -0.400 e. The van der Waals surface area contributed by atoms with E-state index in [2.05, 4.69) is 0 Å². The molecule has 3 nitrogen and oxygen atoms in total. The summed E-state index contributed by atoms with van der Waals surface area (Å²) in [5.41, 5.74) is 4.18. The number of hydrogen-bond donors (Lipinski definition) is 2. The largest absolute Gasteiger partial charge is 0.416 e. The van der Waals surface area contributed by atoms with Gasteiger partial charge in [0, 0.05) is 21.9 Å². The molecule has 0 saturated carbocycles. The standard InChI is InChI=1S/C17H19F5N2OS/c1-16(26-11-4-2-3-10(7-11)17(20,21)22)5-6-25-14(9-16)12(23)8-13(24)15(18)19/h2-4,7-8,14-15,24H,5-6,9,23H2,1H3/b12-8-,24-13?. The van der Waals surface area contributed by atoms with Gasteiger partial charge in [-0.05, 0) is 44.0 Å². The number of benzene rings is 1. The number of ether oxygens (including phenoxy) is 1. The second kappa shape index (κ2) is 7.96. The monoisotopic (exact) mass is 394 g/mol. The van der Waals surface area contributed by atoms with Crippen molar-refractivity contribution in [3.05, 3.63) is 41.6 Å². The van der Waals surface area contributed by atoms with Gasteiger partial charge in [-0.1, -0.05) is 6.07 Å². The van der Waals surface area contributed by atoms with E-state index >= 15 is 0 Å². The Balaban J connectivity index is 2.13.